The minimum absolute atomic E-state index is 0.0199. The van der Waals surface area contributed by atoms with Crippen LogP contribution in [-0.4, -0.2) is 36.3 Å². The third-order valence-corrected chi connectivity index (χ3v) is 2.91. The highest BCUT2D eigenvalue weighted by atomic mass is 16.5. The highest BCUT2D eigenvalue weighted by molar-refractivity contribution is 5.94. The number of amides is 1. The van der Waals surface area contributed by atoms with Crippen molar-refractivity contribution >= 4 is 17.6 Å². The summed E-state index contributed by atoms with van der Waals surface area (Å²) in [4.78, 5) is 22.3. The van der Waals surface area contributed by atoms with E-state index in [2.05, 4.69) is 5.32 Å². The van der Waals surface area contributed by atoms with Crippen LogP contribution in [0.5, 0.6) is 5.75 Å². The molecule has 2 rings (SSSR count). The first-order chi connectivity index (χ1) is 9.60. The van der Waals surface area contributed by atoms with Crippen molar-refractivity contribution in [2.75, 3.05) is 18.5 Å². The van der Waals surface area contributed by atoms with E-state index in [0.717, 1.165) is 6.42 Å². The maximum absolute atomic E-state index is 11.9. The van der Waals surface area contributed by atoms with Gasteiger partial charge in [0.2, 0.25) is 5.91 Å². The fourth-order valence-corrected chi connectivity index (χ4v) is 1.89. The van der Waals surface area contributed by atoms with Crippen LogP contribution in [0.25, 0.3) is 0 Å². The number of carboxylic acid groups (broad SMARTS) is 1. The molecule has 0 aromatic heterocycles. The van der Waals surface area contributed by atoms with Gasteiger partial charge in [-0.25, -0.2) is 4.79 Å². The lowest BCUT2D eigenvalue weighted by Gasteiger charge is -2.08. The molecule has 0 radical (unpaired) electrons. The Hall–Kier alpha value is -2.08. The number of aliphatic carboxylic acids is 1. The molecule has 2 unspecified atom stereocenters. The van der Waals surface area contributed by atoms with Crippen LogP contribution in [0, 0.1) is 5.92 Å². The molecular weight excluding hydrogens is 262 g/mol. The normalized spacial score (nSPS) is 20.2. The van der Waals surface area contributed by atoms with Gasteiger partial charge in [0.05, 0.1) is 12.0 Å². The topological polar surface area (TPSA) is 84.9 Å². The van der Waals surface area contributed by atoms with Crippen LogP contribution in [0.2, 0.25) is 0 Å². The van der Waals surface area contributed by atoms with Gasteiger partial charge in [-0.15, -0.1) is 0 Å². The minimum atomic E-state index is -1.04. The molecule has 1 aliphatic rings. The van der Waals surface area contributed by atoms with Crippen molar-refractivity contribution in [3.8, 4) is 5.75 Å². The average Bonchev–Trinajstić information content (AvgIpc) is 3.17. The summed E-state index contributed by atoms with van der Waals surface area (Å²) in [6.07, 6.45) is 0.765. The van der Waals surface area contributed by atoms with Gasteiger partial charge in [0.15, 0.2) is 6.61 Å². The van der Waals surface area contributed by atoms with E-state index < -0.39 is 12.6 Å². The molecule has 2 N–H and O–H groups in total. The molecule has 1 aromatic rings. The summed E-state index contributed by atoms with van der Waals surface area (Å²) >= 11 is 0. The van der Waals surface area contributed by atoms with Gasteiger partial charge in [-0.3, -0.25) is 4.79 Å². The highest BCUT2D eigenvalue weighted by Crippen LogP contribution is 2.34. The number of carbonyl (C=O) groups excluding carboxylic acids is 1. The van der Waals surface area contributed by atoms with Crippen LogP contribution in [0.3, 0.4) is 0 Å². The molecule has 1 saturated carbocycles. The van der Waals surface area contributed by atoms with Crippen LogP contribution in [0.15, 0.2) is 24.3 Å². The summed E-state index contributed by atoms with van der Waals surface area (Å²) in [6.45, 7) is 2.09. The average molecular weight is 279 g/mol. The molecule has 0 aliphatic heterocycles. The second-order valence-corrected chi connectivity index (χ2v) is 4.54. The van der Waals surface area contributed by atoms with Crippen LogP contribution in [0.4, 0.5) is 5.69 Å². The fraction of sp³-hybridized carbons (Fsp3) is 0.429. The lowest BCUT2D eigenvalue weighted by molar-refractivity contribution is -0.139. The summed E-state index contributed by atoms with van der Waals surface area (Å²) in [5.74, 6) is -0.822. The number of ether oxygens (including phenoxy) is 2. The second kappa shape index (κ2) is 6.38. The largest absolute Gasteiger partial charge is 0.482 e. The van der Waals surface area contributed by atoms with E-state index in [1.54, 1.807) is 24.3 Å². The van der Waals surface area contributed by atoms with E-state index in [1.165, 1.54) is 0 Å². The lowest BCUT2D eigenvalue weighted by atomic mass is 10.3. The quantitative estimate of drug-likeness (QED) is 0.790. The van der Waals surface area contributed by atoms with Crippen LogP contribution in [0.1, 0.15) is 13.3 Å². The first-order valence-corrected chi connectivity index (χ1v) is 6.47. The molecule has 1 aromatic carbocycles. The molecule has 0 bridgehead atoms. The zero-order valence-corrected chi connectivity index (χ0v) is 11.2. The standard InChI is InChI=1S/C14H17NO5/c1-2-19-12-7-11(12)14(18)15-9-4-3-5-10(6-9)20-8-13(16)17/h3-6,11-12H,2,7-8H2,1H3,(H,15,18)(H,16,17). The predicted molar refractivity (Wildman–Crippen MR) is 71.7 cm³/mol. The Balaban J connectivity index is 1.88. The van der Waals surface area contributed by atoms with Crippen LogP contribution >= 0.6 is 0 Å². The molecule has 1 fully saturated rings. The number of carboxylic acids is 1. The molecule has 6 nitrogen and oxygen atoms in total. The van der Waals surface area contributed by atoms with Crippen molar-refractivity contribution in [2.45, 2.75) is 19.4 Å². The molecule has 2 atom stereocenters. The number of carbonyl (C=O) groups is 2. The van der Waals surface area contributed by atoms with E-state index in [4.69, 9.17) is 14.6 Å². The molecule has 6 heteroatoms. The summed E-state index contributed by atoms with van der Waals surface area (Å²) in [7, 11) is 0. The smallest absolute Gasteiger partial charge is 0.341 e. The van der Waals surface area contributed by atoms with Gasteiger partial charge in [0.1, 0.15) is 5.75 Å². The molecule has 20 heavy (non-hydrogen) atoms. The number of hydrogen-bond acceptors (Lipinski definition) is 4. The monoisotopic (exact) mass is 279 g/mol. The Kier molecular flexibility index (Phi) is 4.57. The minimum Gasteiger partial charge on any atom is -0.482 e. The Morgan fingerprint density at radius 2 is 2.25 bits per heavy atom. The van der Waals surface area contributed by atoms with E-state index >= 15 is 0 Å². The summed E-state index contributed by atoms with van der Waals surface area (Å²) in [5.41, 5.74) is 0.583. The number of rotatable bonds is 7. The number of nitrogens with one attached hydrogen (secondary N) is 1. The van der Waals surface area contributed by atoms with Gasteiger partial charge in [-0.05, 0) is 25.5 Å². The van der Waals surface area contributed by atoms with Crippen molar-refractivity contribution in [2.24, 2.45) is 5.92 Å². The van der Waals surface area contributed by atoms with Gasteiger partial charge in [-0.1, -0.05) is 6.07 Å². The van der Waals surface area contributed by atoms with Gasteiger partial charge in [0, 0.05) is 18.4 Å². The lowest BCUT2D eigenvalue weighted by Crippen LogP contribution is -2.16. The van der Waals surface area contributed by atoms with E-state index in [1.807, 2.05) is 6.92 Å². The Labute approximate surface area is 116 Å². The van der Waals surface area contributed by atoms with Crippen molar-refractivity contribution in [1.82, 2.24) is 0 Å². The van der Waals surface area contributed by atoms with Crippen molar-refractivity contribution < 1.29 is 24.2 Å². The van der Waals surface area contributed by atoms with E-state index in [-0.39, 0.29) is 17.9 Å². The first kappa shape index (κ1) is 14.3. The van der Waals surface area contributed by atoms with Crippen molar-refractivity contribution in [3.63, 3.8) is 0 Å². The molecule has 0 saturated heterocycles. The number of anilines is 1. The summed E-state index contributed by atoms with van der Waals surface area (Å²) < 4.78 is 10.4. The second-order valence-electron chi connectivity index (χ2n) is 4.54. The zero-order valence-electron chi connectivity index (χ0n) is 11.2. The third-order valence-electron chi connectivity index (χ3n) is 2.91. The third kappa shape index (κ3) is 3.96. The zero-order chi connectivity index (χ0) is 14.5. The van der Waals surface area contributed by atoms with Crippen LogP contribution < -0.4 is 10.1 Å². The Morgan fingerprint density at radius 1 is 1.45 bits per heavy atom. The molecule has 108 valence electrons. The molecule has 0 heterocycles. The van der Waals surface area contributed by atoms with Crippen LogP contribution in [-0.2, 0) is 14.3 Å². The predicted octanol–water partition coefficient (Wildman–Crippen LogP) is 1.51. The van der Waals surface area contributed by atoms with E-state index in [0.29, 0.717) is 18.0 Å². The SMILES string of the molecule is CCOC1CC1C(=O)Nc1cccc(OCC(=O)O)c1. The van der Waals surface area contributed by atoms with Crippen molar-refractivity contribution in [3.05, 3.63) is 24.3 Å². The summed E-state index contributed by atoms with van der Waals surface area (Å²) in [5, 5.41) is 11.3. The molecule has 1 aliphatic carbocycles. The van der Waals surface area contributed by atoms with Gasteiger partial charge in [0.25, 0.3) is 0 Å². The first-order valence-electron chi connectivity index (χ1n) is 6.47. The van der Waals surface area contributed by atoms with Gasteiger partial charge < -0.3 is 19.9 Å². The fourth-order valence-electron chi connectivity index (χ4n) is 1.89. The summed E-state index contributed by atoms with van der Waals surface area (Å²) in [6, 6.07) is 6.65. The number of benzene rings is 1. The maximum Gasteiger partial charge on any atom is 0.341 e. The molecule has 1 amide bonds. The van der Waals surface area contributed by atoms with Gasteiger partial charge >= 0.3 is 5.97 Å². The molecule has 0 spiro atoms. The highest BCUT2D eigenvalue weighted by Gasteiger charge is 2.43. The van der Waals surface area contributed by atoms with E-state index in [9.17, 15) is 9.59 Å². The maximum atomic E-state index is 11.9. The van der Waals surface area contributed by atoms with Crippen molar-refractivity contribution in [1.29, 1.82) is 0 Å². The molecular formula is C14H17NO5. The Morgan fingerprint density at radius 3 is 2.95 bits per heavy atom. The Bertz CT molecular complexity index is 502. The number of hydrogen-bond donors (Lipinski definition) is 2. The van der Waals surface area contributed by atoms with Gasteiger partial charge in [-0.2, -0.15) is 0 Å².